The van der Waals surface area contributed by atoms with Gasteiger partial charge in [-0.3, -0.25) is 0 Å². The minimum atomic E-state index is 0. The Hall–Kier alpha value is -0.860. The molecule has 326 valence electrons. The van der Waals surface area contributed by atoms with Gasteiger partial charge in [0, 0.05) is 12.1 Å². The zero-order chi connectivity index (χ0) is 39.1. The molecule has 0 bridgehead atoms. The van der Waals surface area contributed by atoms with Gasteiger partial charge in [-0.25, -0.2) is 0 Å². The zero-order valence-electron chi connectivity index (χ0n) is 38.7. The average Bonchev–Trinajstić information content (AvgIpc) is 3.18. The standard InChI is InChI=1S/C53H101N.H2O/c1-6-9-12-15-18-21-24-26-27-29-32-35-38-44-49-53(47-42-36-33-30-23-20-17-14-11-8-3,52(4,5)54-50-51-45-40-39-41-46-51)48-43-37-34-31-28-25-22-19-16-13-10-7-2;/h39-41,45-46,54H,6-38,42-44,47-50H2,1-5H3;1H2. The first-order chi connectivity index (χ1) is 26.5. The summed E-state index contributed by atoms with van der Waals surface area (Å²) in [7, 11) is 0. The summed E-state index contributed by atoms with van der Waals surface area (Å²) in [6.45, 7) is 13.2. The van der Waals surface area contributed by atoms with Gasteiger partial charge in [0.05, 0.1) is 0 Å². The normalized spacial score (nSPS) is 12.9. The van der Waals surface area contributed by atoms with Crippen molar-refractivity contribution in [2.75, 3.05) is 0 Å². The van der Waals surface area contributed by atoms with E-state index in [0.29, 0.717) is 5.41 Å². The Morgan fingerprint density at radius 1 is 0.345 bits per heavy atom. The van der Waals surface area contributed by atoms with E-state index in [1.165, 1.54) is 256 Å². The van der Waals surface area contributed by atoms with E-state index in [1.807, 2.05) is 0 Å². The van der Waals surface area contributed by atoms with Crippen LogP contribution in [0.5, 0.6) is 0 Å². The van der Waals surface area contributed by atoms with E-state index >= 15 is 0 Å². The molecule has 55 heavy (non-hydrogen) atoms. The summed E-state index contributed by atoms with van der Waals surface area (Å²) in [6, 6.07) is 11.2. The van der Waals surface area contributed by atoms with Gasteiger partial charge >= 0.3 is 0 Å². The van der Waals surface area contributed by atoms with Gasteiger partial charge < -0.3 is 10.8 Å². The first kappa shape index (κ1) is 54.1. The number of hydrogen-bond donors (Lipinski definition) is 1. The molecular formula is C53H103NO. The Morgan fingerprint density at radius 2 is 0.582 bits per heavy atom. The van der Waals surface area contributed by atoms with Crippen LogP contribution >= 0.6 is 0 Å². The van der Waals surface area contributed by atoms with Crippen molar-refractivity contribution in [3.05, 3.63) is 35.9 Å². The van der Waals surface area contributed by atoms with Crippen molar-refractivity contribution in [2.45, 2.75) is 297 Å². The van der Waals surface area contributed by atoms with Crippen LogP contribution in [0.15, 0.2) is 30.3 Å². The molecule has 0 heterocycles. The fraction of sp³-hybridized carbons (Fsp3) is 0.887. The molecule has 1 unspecified atom stereocenters. The van der Waals surface area contributed by atoms with Gasteiger partial charge in [0.15, 0.2) is 0 Å². The maximum absolute atomic E-state index is 4.19. The molecule has 0 fully saturated rings. The zero-order valence-corrected chi connectivity index (χ0v) is 38.7. The van der Waals surface area contributed by atoms with Crippen molar-refractivity contribution in [2.24, 2.45) is 5.41 Å². The average molecular weight is 770 g/mol. The van der Waals surface area contributed by atoms with Crippen molar-refractivity contribution in [3.63, 3.8) is 0 Å². The molecule has 0 saturated carbocycles. The van der Waals surface area contributed by atoms with Gasteiger partial charge in [-0.2, -0.15) is 0 Å². The molecule has 0 aliphatic rings. The van der Waals surface area contributed by atoms with Crippen LogP contribution in [0.1, 0.15) is 291 Å². The summed E-state index contributed by atoms with van der Waals surface area (Å²) in [5, 5.41) is 4.19. The van der Waals surface area contributed by atoms with E-state index in [2.05, 4.69) is 70.3 Å². The molecule has 0 radical (unpaired) electrons. The van der Waals surface area contributed by atoms with Gasteiger partial charge in [-0.15, -0.1) is 0 Å². The maximum Gasteiger partial charge on any atom is 0.0210 e. The molecule has 0 aliphatic carbocycles. The Kier molecular flexibility index (Phi) is 39.3. The summed E-state index contributed by atoms with van der Waals surface area (Å²) in [6.07, 6.45) is 56.2. The lowest BCUT2D eigenvalue weighted by atomic mass is 9.62. The predicted molar refractivity (Wildman–Crippen MR) is 250 cm³/mol. The second-order valence-electron chi connectivity index (χ2n) is 18.7. The number of rotatable bonds is 43. The number of unbranched alkanes of at least 4 members (excludes halogenated alkanes) is 33. The smallest absolute Gasteiger partial charge is 0.0210 e. The molecule has 0 spiro atoms. The highest BCUT2D eigenvalue weighted by atomic mass is 16.0. The van der Waals surface area contributed by atoms with E-state index in [1.54, 1.807) is 0 Å². The van der Waals surface area contributed by atoms with Gasteiger partial charge in [0.1, 0.15) is 0 Å². The molecule has 0 aromatic heterocycles. The molecule has 0 amide bonds. The third-order valence-corrected chi connectivity index (χ3v) is 13.4. The summed E-state index contributed by atoms with van der Waals surface area (Å²) < 4.78 is 0. The molecule has 1 aromatic rings. The monoisotopic (exact) mass is 770 g/mol. The van der Waals surface area contributed by atoms with Crippen LogP contribution in [-0.2, 0) is 6.54 Å². The highest BCUT2D eigenvalue weighted by Gasteiger charge is 2.43. The topological polar surface area (TPSA) is 43.5 Å². The largest absolute Gasteiger partial charge is 0.412 e. The Bertz CT molecular complexity index is 866. The lowest BCUT2D eigenvalue weighted by Gasteiger charge is -2.49. The Balaban J connectivity index is 0.0000292. The molecule has 0 saturated heterocycles. The quantitative estimate of drug-likeness (QED) is 0.0661. The molecular weight excluding hydrogens is 667 g/mol. The second kappa shape index (κ2) is 39.9. The van der Waals surface area contributed by atoms with E-state index in [-0.39, 0.29) is 11.0 Å². The van der Waals surface area contributed by atoms with Crippen LogP contribution < -0.4 is 5.32 Å². The minimum Gasteiger partial charge on any atom is -0.412 e. The van der Waals surface area contributed by atoms with Crippen LogP contribution in [0, 0.1) is 5.41 Å². The predicted octanol–water partition coefficient (Wildman–Crippen LogP) is 18.0. The number of nitrogens with one attached hydrogen (secondary N) is 1. The fourth-order valence-electron chi connectivity index (χ4n) is 9.33. The van der Waals surface area contributed by atoms with Crippen molar-refractivity contribution >= 4 is 0 Å². The lowest BCUT2D eigenvalue weighted by molar-refractivity contribution is 0.0636. The van der Waals surface area contributed by atoms with Crippen molar-refractivity contribution < 1.29 is 5.48 Å². The van der Waals surface area contributed by atoms with Gasteiger partial charge in [0.2, 0.25) is 0 Å². The SMILES string of the molecule is CCCCCCCCCCCCCCCCC(CCCCCCCCCCCC)(CCCCCCCCCCCCCC)C(C)(C)NCc1ccccc1.O. The highest BCUT2D eigenvalue weighted by molar-refractivity contribution is 5.15. The minimum absolute atomic E-state index is 0. The van der Waals surface area contributed by atoms with Gasteiger partial charge in [-0.1, -0.05) is 282 Å². The Morgan fingerprint density at radius 3 is 0.836 bits per heavy atom. The molecule has 0 aliphatic heterocycles. The van der Waals surface area contributed by atoms with E-state index in [4.69, 9.17) is 0 Å². The summed E-state index contributed by atoms with van der Waals surface area (Å²) in [5.74, 6) is 0. The first-order valence-corrected chi connectivity index (χ1v) is 25.3. The molecule has 2 heteroatoms. The van der Waals surface area contributed by atoms with Gasteiger partial charge in [-0.05, 0) is 44.1 Å². The van der Waals surface area contributed by atoms with Crippen molar-refractivity contribution in [1.29, 1.82) is 0 Å². The Labute approximate surface area is 348 Å². The van der Waals surface area contributed by atoms with E-state index in [0.717, 1.165) is 6.54 Å². The van der Waals surface area contributed by atoms with E-state index < -0.39 is 0 Å². The summed E-state index contributed by atoms with van der Waals surface area (Å²) in [4.78, 5) is 0. The number of benzene rings is 1. The van der Waals surface area contributed by atoms with E-state index in [9.17, 15) is 0 Å². The summed E-state index contributed by atoms with van der Waals surface area (Å²) in [5.41, 5.74) is 1.95. The third kappa shape index (κ3) is 30.8. The van der Waals surface area contributed by atoms with Crippen LogP contribution in [0.4, 0.5) is 0 Å². The van der Waals surface area contributed by atoms with Gasteiger partial charge in [0.25, 0.3) is 0 Å². The lowest BCUT2D eigenvalue weighted by Crippen LogP contribution is -2.54. The highest BCUT2D eigenvalue weighted by Crippen LogP contribution is 2.46. The van der Waals surface area contributed by atoms with Crippen LogP contribution in [0.25, 0.3) is 0 Å². The molecule has 1 aromatic carbocycles. The molecule has 1 rings (SSSR count). The van der Waals surface area contributed by atoms with Crippen LogP contribution in [0.2, 0.25) is 0 Å². The molecule has 3 N–H and O–H groups in total. The first-order valence-electron chi connectivity index (χ1n) is 25.3. The van der Waals surface area contributed by atoms with Crippen LogP contribution in [0.3, 0.4) is 0 Å². The summed E-state index contributed by atoms with van der Waals surface area (Å²) >= 11 is 0. The molecule has 2 nitrogen and oxygen atoms in total. The second-order valence-corrected chi connectivity index (χ2v) is 18.7. The third-order valence-electron chi connectivity index (χ3n) is 13.4. The fourth-order valence-corrected chi connectivity index (χ4v) is 9.33. The maximum atomic E-state index is 4.19. The van der Waals surface area contributed by atoms with Crippen molar-refractivity contribution in [1.82, 2.24) is 5.32 Å². The number of hydrogen-bond acceptors (Lipinski definition) is 1. The van der Waals surface area contributed by atoms with Crippen molar-refractivity contribution in [3.8, 4) is 0 Å². The molecule has 1 atom stereocenters. The van der Waals surface area contributed by atoms with Crippen LogP contribution in [-0.4, -0.2) is 11.0 Å².